The number of nitrogens with one attached hydrogen (secondary N) is 1. The molecule has 0 fully saturated rings. The van der Waals surface area contributed by atoms with Crippen LogP contribution in [-0.4, -0.2) is 36.9 Å². The number of likely N-dealkylation sites (N-methyl/N-ethyl adjacent to an activating group) is 1. The fraction of sp³-hybridized carbons (Fsp3) is 0.636. The van der Waals surface area contributed by atoms with E-state index >= 15 is 0 Å². The normalized spacial score (nSPS) is 10.5. The van der Waals surface area contributed by atoms with Gasteiger partial charge in [-0.3, -0.25) is 9.59 Å². The summed E-state index contributed by atoms with van der Waals surface area (Å²) in [5.41, 5.74) is 0.609. The largest absolute Gasteiger partial charge is 0.355 e. The summed E-state index contributed by atoms with van der Waals surface area (Å²) in [4.78, 5) is 25.6. The van der Waals surface area contributed by atoms with E-state index in [1.807, 2.05) is 18.2 Å². The van der Waals surface area contributed by atoms with Gasteiger partial charge >= 0.3 is 0 Å². The van der Waals surface area contributed by atoms with E-state index in [0.717, 1.165) is 12.8 Å². The Balaban J connectivity index is 2.00. The third kappa shape index (κ3) is 10.2. The molecule has 0 heterocycles. The van der Waals surface area contributed by atoms with Crippen molar-refractivity contribution in [3.8, 4) is 0 Å². The van der Waals surface area contributed by atoms with E-state index in [-0.39, 0.29) is 18.4 Å². The molecule has 0 saturated heterocycles. The van der Waals surface area contributed by atoms with Crippen LogP contribution in [0.4, 0.5) is 0 Å². The minimum absolute atomic E-state index is 0.0901. The van der Waals surface area contributed by atoms with E-state index in [2.05, 4.69) is 12.2 Å². The summed E-state index contributed by atoms with van der Waals surface area (Å²) in [5, 5.41) is 2.91. The van der Waals surface area contributed by atoms with Crippen LogP contribution >= 0.6 is 0 Å². The zero-order chi connectivity index (χ0) is 19.0. The summed E-state index contributed by atoms with van der Waals surface area (Å²) in [7, 11) is 1.66. The zero-order valence-corrected chi connectivity index (χ0v) is 16.6. The second kappa shape index (κ2) is 14.3. The lowest BCUT2D eigenvalue weighted by Gasteiger charge is -2.16. The Morgan fingerprint density at radius 1 is 0.846 bits per heavy atom. The molecule has 4 nitrogen and oxygen atoms in total. The molecule has 1 aromatic carbocycles. The number of carbonyl (C=O) groups is 2. The number of carbonyl (C=O) groups excluding carboxylic acids is 2. The highest BCUT2D eigenvalue weighted by atomic mass is 16.2. The van der Waals surface area contributed by atoms with E-state index in [1.54, 1.807) is 19.2 Å². The van der Waals surface area contributed by atoms with Crippen LogP contribution in [0.5, 0.6) is 0 Å². The van der Waals surface area contributed by atoms with Crippen molar-refractivity contribution in [1.82, 2.24) is 10.2 Å². The van der Waals surface area contributed by atoms with E-state index in [1.165, 1.54) is 56.3 Å². The minimum atomic E-state index is -0.125. The van der Waals surface area contributed by atoms with Gasteiger partial charge < -0.3 is 10.2 Å². The van der Waals surface area contributed by atoms with Crippen molar-refractivity contribution in [3.05, 3.63) is 35.9 Å². The first-order valence-corrected chi connectivity index (χ1v) is 10.2. The van der Waals surface area contributed by atoms with Gasteiger partial charge in [-0.05, 0) is 18.6 Å². The molecule has 0 spiro atoms. The molecule has 4 heteroatoms. The van der Waals surface area contributed by atoms with Crippen LogP contribution in [-0.2, 0) is 4.79 Å². The molecular weight excluding hydrogens is 324 g/mol. The van der Waals surface area contributed by atoms with Crippen molar-refractivity contribution in [2.75, 3.05) is 20.1 Å². The molecule has 0 aliphatic rings. The summed E-state index contributed by atoms with van der Waals surface area (Å²) in [6.45, 7) is 3.05. The maximum atomic E-state index is 12.2. The number of benzene rings is 1. The highest BCUT2D eigenvalue weighted by molar-refractivity contribution is 5.96. The number of nitrogens with zero attached hydrogens (tertiary/aromatic N) is 1. The zero-order valence-electron chi connectivity index (χ0n) is 16.6. The molecule has 2 amide bonds. The number of hydrogen-bond donors (Lipinski definition) is 1. The molecule has 0 saturated carbocycles. The SMILES string of the molecule is CCCCCCCCCCCCNC(=O)CN(C)C(=O)c1ccccc1. The summed E-state index contributed by atoms with van der Waals surface area (Å²) >= 11 is 0. The summed E-state index contributed by atoms with van der Waals surface area (Å²) in [6.07, 6.45) is 12.8. The van der Waals surface area contributed by atoms with Crippen molar-refractivity contribution < 1.29 is 9.59 Å². The molecule has 0 unspecified atom stereocenters. The smallest absolute Gasteiger partial charge is 0.254 e. The molecule has 0 aliphatic heterocycles. The van der Waals surface area contributed by atoms with Gasteiger partial charge in [0.1, 0.15) is 0 Å². The lowest BCUT2D eigenvalue weighted by Crippen LogP contribution is -2.38. The average Bonchev–Trinajstić information content (AvgIpc) is 2.66. The predicted octanol–water partition coefficient (Wildman–Crippen LogP) is 4.80. The van der Waals surface area contributed by atoms with Crippen LogP contribution in [0, 0.1) is 0 Å². The molecule has 0 radical (unpaired) electrons. The Hall–Kier alpha value is -1.84. The van der Waals surface area contributed by atoms with Crippen LogP contribution in [0.15, 0.2) is 30.3 Å². The molecule has 0 aromatic heterocycles. The maximum absolute atomic E-state index is 12.2. The van der Waals surface area contributed by atoms with Crippen LogP contribution in [0.2, 0.25) is 0 Å². The van der Waals surface area contributed by atoms with Crippen molar-refractivity contribution in [1.29, 1.82) is 0 Å². The molecule has 1 rings (SSSR count). The van der Waals surface area contributed by atoms with Crippen LogP contribution < -0.4 is 5.32 Å². The number of amides is 2. The molecule has 0 bridgehead atoms. The average molecular weight is 361 g/mol. The second-order valence-corrected chi connectivity index (χ2v) is 7.06. The topological polar surface area (TPSA) is 49.4 Å². The van der Waals surface area contributed by atoms with Gasteiger partial charge in [0.2, 0.25) is 5.91 Å². The van der Waals surface area contributed by atoms with Gasteiger partial charge in [-0.1, -0.05) is 82.9 Å². The van der Waals surface area contributed by atoms with Gasteiger partial charge in [-0.2, -0.15) is 0 Å². The van der Waals surface area contributed by atoms with E-state index in [9.17, 15) is 9.59 Å². The molecule has 0 atom stereocenters. The quantitative estimate of drug-likeness (QED) is 0.485. The Bertz CT molecular complexity index is 502. The van der Waals surface area contributed by atoms with Crippen LogP contribution in [0.1, 0.15) is 81.5 Å². The van der Waals surface area contributed by atoms with Gasteiger partial charge in [-0.25, -0.2) is 0 Å². The van der Waals surface area contributed by atoms with Crippen molar-refractivity contribution in [2.24, 2.45) is 0 Å². The number of unbranched alkanes of at least 4 members (excludes halogenated alkanes) is 9. The molecular formula is C22H36N2O2. The van der Waals surface area contributed by atoms with Crippen molar-refractivity contribution in [2.45, 2.75) is 71.1 Å². The van der Waals surface area contributed by atoms with Crippen LogP contribution in [0.3, 0.4) is 0 Å². The summed E-state index contributed by atoms with van der Waals surface area (Å²) in [6, 6.07) is 9.05. The Kier molecular flexibility index (Phi) is 12.2. The molecule has 146 valence electrons. The predicted molar refractivity (Wildman–Crippen MR) is 108 cm³/mol. The molecule has 0 aliphatic carbocycles. The van der Waals surface area contributed by atoms with Crippen molar-refractivity contribution in [3.63, 3.8) is 0 Å². The Labute approximate surface area is 159 Å². The number of hydrogen-bond acceptors (Lipinski definition) is 2. The fourth-order valence-electron chi connectivity index (χ4n) is 2.98. The van der Waals surface area contributed by atoms with Crippen LogP contribution in [0.25, 0.3) is 0 Å². The first-order chi connectivity index (χ1) is 12.6. The van der Waals surface area contributed by atoms with Gasteiger partial charge in [0.05, 0.1) is 6.54 Å². The van der Waals surface area contributed by atoms with Crippen molar-refractivity contribution >= 4 is 11.8 Å². The fourth-order valence-corrected chi connectivity index (χ4v) is 2.98. The highest BCUT2D eigenvalue weighted by Gasteiger charge is 2.14. The lowest BCUT2D eigenvalue weighted by atomic mass is 10.1. The Morgan fingerprint density at radius 3 is 1.96 bits per heavy atom. The minimum Gasteiger partial charge on any atom is -0.355 e. The molecule has 26 heavy (non-hydrogen) atoms. The van der Waals surface area contributed by atoms with Gasteiger partial charge in [0.15, 0.2) is 0 Å². The molecule has 1 N–H and O–H groups in total. The summed E-state index contributed by atoms with van der Waals surface area (Å²) in [5.74, 6) is -0.215. The van der Waals surface area contributed by atoms with E-state index in [0.29, 0.717) is 12.1 Å². The third-order valence-electron chi connectivity index (χ3n) is 4.60. The van der Waals surface area contributed by atoms with Gasteiger partial charge in [0, 0.05) is 19.2 Å². The third-order valence-corrected chi connectivity index (χ3v) is 4.60. The van der Waals surface area contributed by atoms with Gasteiger partial charge in [0.25, 0.3) is 5.91 Å². The maximum Gasteiger partial charge on any atom is 0.254 e. The first-order valence-electron chi connectivity index (χ1n) is 10.2. The lowest BCUT2D eigenvalue weighted by molar-refractivity contribution is -0.121. The number of rotatable bonds is 14. The second-order valence-electron chi connectivity index (χ2n) is 7.06. The van der Waals surface area contributed by atoms with Gasteiger partial charge in [-0.15, -0.1) is 0 Å². The standard InChI is InChI=1S/C22H36N2O2/c1-3-4-5-6-7-8-9-10-11-15-18-23-21(25)19-24(2)22(26)20-16-13-12-14-17-20/h12-14,16-17H,3-11,15,18-19H2,1-2H3,(H,23,25). The Morgan fingerprint density at radius 2 is 1.38 bits per heavy atom. The van der Waals surface area contributed by atoms with E-state index < -0.39 is 0 Å². The summed E-state index contributed by atoms with van der Waals surface area (Å²) < 4.78 is 0. The van der Waals surface area contributed by atoms with E-state index in [4.69, 9.17) is 0 Å². The first kappa shape index (κ1) is 22.2. The highest BCUT2D eigenvalue weighted by Crippen LogP contribution is 2.10. The monoisotopic (exact) mass is 360 g/mol. The molecule has 1 aromatic rings.